The first-order chi connectivity index (χ1) is 12.5. The maximum Gasteiger partial charge on any atom is 0.128 e. The SMILES string of the molecule is Cc1ccc(COc2ccc(Cl)cc2C=Nc2ccc(C)c(C)c2)cc1. The molecule has 132 valence electrons. The maximum atomic E-state index is 6.16. The van der Waals surface area contributed by atoms with Crippen LogP contribution in [0.1, 0.15) is 27.8 Å². The van der Waals surface area contributed by atoms with Crippen molar-refractivity contribution in [3.8, 4) is 5.75 Å². The number of halogens is 1. The second-order valence-corrected chi connectivity index (χ2v) is 6.92. The highest BCUT2D eigenvalue weighted by atomic mass is 35.5. The highest BCUT2D eigenvalue weighted by molar-refractivity contribution is 6.30. The van der Waals surface area contributed by atoms with Crippen LogP contribution in [0.15, 0.2) is 65.7 Å². The van der Waals surface area contributed by atoms with Gasteiger partial charge in [-0.3, -0.25) is 4.99 Å². The van der Waals surface area contributed by atoms with Crippen LogP contribution in [-0.2, 0) is 6.61 Å². The van der Waals surface area contributed by atoms with E-state index in [9.17, 15) is 0 Å². The van der Waals surface area contributed by atoms with Gasteiger partial charge in [-0.05, 0) is 67.8 Å². The highest BCUT2D eigenvalue weighted by Gasteiger charge is 2.04. The Balaban J connectivity index is 1.79. The molecule has 0 amide bonds. The first-order valence-corrected chi connectivity index (χ1v) is 8.98. The van der Waals surface area contributed by atoms with Crippen molar-refractivity contribution in [1.29, 1.82) is 0 Å². The Morgan fingerprint density at radius 3 is 2.38 bits per heavy atom. The monoisotopic (exact) mass is 363 g/mol. The molecule has 0 heterocycles. The predicted octanol–water partition coefficient (Wildman–Crippen LogP) is 6.59. The largest absolute Gasteiger partial charge is 0.488 e. The molecule has 3 aromatic carbocycles. The van der Waals surface area contributed by atoms with Crippen LogP contribution in [0.5, 0.6) is 5.75 Å². The molecular formula is C23H22ClNO. The molecule has 0 spiro atoms. The van der Waals surface area contributed by atoms with E-state index in [2.05, 4.69) is 62.2 Å². The smallest absolute Gasteiger partial charge is 0.128 e. The Labute approximate surface area is 160 Å². The molecule has 2 nitrogen and oxygen atoms in total. The van der Waals surface area contributed by atoms with Gasteiger partial charge in [-0.1, -0.05) is 47.5 Å². The van der Waals surface area contributed by atoms with Gasteiger partial charge < -0.3 is 4.74 Å². The van der Waals surface area contributed by atoms with Crippen molar-refractivity contribution in [1.82, 2.24) is 0 Å². The summed E-state index contributed by atoms with van der Waals surface area (Å²) in [7, 11) is 0. The average molecular weight is 364 g/mol. The lowest BCUT2D eigenvalue weighted by Gasteiger charge is -2.10. The van der Waals surface area contributed by atoms with Crippen LogP contribution in [-0.4, -0.2) is 6.21 Å². The molecule has 0 aliphatic rings. The van der Waals surface area contributed by atoms with Gasteiger partial charge in [0.05, 0.1) is 5.69 Å². The number of rotatable bonds is 5. The number of hydrogen-bond donors (Lipinski definition) is 0. The van der Waals surface area contributed by atoms with Crippen molar-refractivity contribution in [2.24, 2.45) is 4.99 Å². The van der Waals surface area contributed by atoms with E-state index >= 15 is 0 Å². The molecule has 0 unspecified atom stereocenters. The second-order valence-electron chi connectivity index (χ2n) is 6.48. The maximum absolute atomic E-state index is 6.16. The topological polar surface area (TPSA) is 21.6 Å². The predicted molar refractivity (Wildman–Crippen MR) is 110 cm³/mol. The van der Waals surface area contributed by atoms with Crippen LogP contribution in [0.2, 0.25) is 5.02 Å². The lowest BCUT2D eigenvalue weighted by atomic mass is 10.1. The Hall–Kier alpha value is -2.58. The minimum atomic E-state index is 0.506. The van der Waals surface area contributed by atoms with Crippen LogP contribution in [0, 0.1) is 20.8 Å². The number of aliphatic imine (C=N–C) groups is 1. The summed E-state index contributed by atoms with van der Waals surface area (Å²) in [6.45, 7) is 6.76. The van der Waals surface area contributed by atoms with E-state index in [1.54, 1.807) is 6.21 Å². The molecular weight excluding hydrogens is 342 g/mol. The molecule has 0 aliphatic heterocycles. The summed E-state index contributed by atoms with van der Waals surface area (Å²) >= 11 is 6.16. The van der Waals surface area contributed by atoms with Crippen molar-refractivity contribution < 1.29 is 4.74 Å². The summed E-state index contributed by atoms with van der Waals surface area (Å²) in [6, 6.07) is 20.1. The fourth-order valence-electron chi connectivity index (χ4n) is 2.55. The summed E-state index contributed by atoms with van der Waals surface area (Å²) in [5.74, 6) is 0.766. The fourth-order valence-corrected chi connectivity index (χ4v) is 2.73. The summed E-state index contributed by atoms with van der Waals surface area (Å²) < 4.78 is 6.00. The Morgan fingerprint density at radius 1 is 0.885 bits per heavy atom. The third-order valence-electron chi connectivity index (χ3n) is 4.33. The molecule has 0 aromatic heterocycles. The van der Waals surface area contributed by atoms with Crippen LogP contribution < -0.4 is 4.74 Å². The van der Waals surface area contributed by atoms with Crippen molar-refractivity contribution in [3.05, 3.63) is 93.5 Å². The molecule has 0 bridgehead atoms. The van der Waals surface area contributed by atoms with Crippen molar-refractivity contribution in [2.75, 3.05) is 0 Å². The van der Waals surface area contributed by atoms with Gasteiger partial charge >= 0.3 is 0 Å². The third kappa shape index (κ3) is 4.74. The van der Waals surface area contributed by atoms with Gasteiger partial charge in [0.2, 0.25) is 0 Å². The lowest BCUT2D eigenvalue weighted by molar-refractivity contribution is 0.306. The van der Waals surface area contributed by atoms with Gasteiger partial charge in [-0.2, -0.15) is 0 Å². The first-order valence-electron chi connectivity index (χ1n) is 8.60. The number of nitrogens with zero attached hydrogens (tertiary/aromatic N) is 1. The molecule has 0 fully saturated rings. The van der Waals surface area contributed by atoms with E-state index in [4.69, 9.17) is 16.3 Å². The Kier molecular flexibility index (Phi) is 5.75. The van der Waals surface area contributed by atoms with Crippen molar-refractivity contribution >= 4 is 23.5 Å². The van der Waals surface area contributed by atoms with Crippen LogP contribution >= 0.6 is 11.6 Å². The zero-order valence-electron chi connectivity index (χ0n) is 15.3. The van der Waals surface area contributed by atoms with E-state index in [-0.39, 0.29) is 0 Å². The molecule has 0 atom stereocenters. The number of aryl methyl sites for hydroxylation is 3. The molecule has 0 saturated heterocycles. The molecule has 3 heteroatoms. The standard InChI is InChI=1S/C23H22ClNO/c1-16-4-7-19(8-5-16)15-26-23-11-9-21(24)13-20(23)14-25-22-10-6-17(2)18(3)12-22/h4-14H,15H2,1-3H3. The molecule has 0 aliphatic carbocycles. The molecule has 26 heavy (non-hydrogen) atoms. The minimum Gasteiger partial charge on any atom is -0.488 e. The normalized spacial score (nSPS) is 11.1. The van der Waals surface area contributed by atoms with Gasteiger partial charge in [0, 0.05) is 16.8 Å². The highest BCUT2D eigenvalue weighted by Crippen LogP contribution is 2.24. The summed E-state index contributed by atoms with van der Waals surface area (Å²) in [5, 5.41) is 0.661. The average Bonchev–Trinajstić information content (AvgIpc) is 2.63. The zero-order valence-corrected chi connectivity index (χ0v) is 16.0. The fraction of sp³-hybridized carbons (Fsp3) is 0.174. The quantitative estimate of drug-likeness (QED) is 0.468. The van der Waals surface area contributed by atoms with Gasteiger partial charge in [0.25, 0.3) is 0 Å². The van der Waals surface area contributed by atoms with Crippen LogP contribution in [0.3, 0.4) is 0 Å². The minimum absolute atomic E-state index is 0.506. The van der Waals surface area contributed by atoms with E-state index in [1.807, 2.05) is 24.3 Å². The van der Waals surface area contributed by atoms with Crippen molar-refractivity contribution in [2.45, 2.75) is 27.4 Å². The van der Waals surface area contributed by atoms with E-state index in [1.165, 1.54) is 16.7 Å². The molecule has 3 aromatic rings. The molecule has 0 saturated carbocycles. The Bertz CT molecular complexity index is 929. The van der Waals surface area contributed by atoms with E-state index in [0.717, 1.165) is 22.6 Å². The van der Waals surface area contributed by atoms with E-state index in [0.29, 0.717) is 11.6 Å². The van der Waals surface area contributed by atoms with E-state index < -0.39 is 0 Å². The number of benzene rings is 3. The third-order valence-corrected chi connectivity index (χ3v) is 4.57. The summed E-state index contributed by atoms with van der Waals surface area (Å²) in [5.41, 5.74) is 6.62. The van der Waals surface area contributed by atoms with Crippen LogP contribution in [0.25, 0.3) is 0 Å². The molecule has 0 N–H and O–H groups in total. The van der Waals surface area contributed by atoms with Gasteiger partial charge in [-0.25, -0.2) is 0 Å². The second kappa shape index (κ2) is 8.20. The van der Waals surface area contributed by atoms with Gasteiger partial charge in [0.15, 0.2) is 0 Å². The molecule has 3 rings (SSSR count). The van der Waals surface area contributed by atoms with Crippen molar-refractivity contribution in [3.63, 3.8) is 0 Å². The van der Waals surface area contributed by atoms with Gasteiger partial charge in [-0.15, -0.1) is 0 Å². The Morgan fingerprint density at radius 2 is 1.65 bits per heavy atom. The van der Waals surface area contributed by atoms with Gasteiger partial charge in [0.1, 0.15) is 12.4 Å². The number of hydrogen-bond acceptors (Lipinski definition) is 2. The first kappa shape index (κ1) is 18.2. The van der Waals surface area contributed by atoms with Crippen LogP contribution in [0.4, 0.5) is 5.69 Å². The summed E-state index contributed by atoms with van der Waals surface area (Å²) in [6.07, 6.45) is 1.81. The zero-order chi connectivity index (χ0) is 18.5. The summed E-state index contributed by atoms with van der Waals surface area (Å²) in [4.78, 5) is 4.58. The lowest BCUT2D eigenvalue weighted by Crippen LogP contribution is -1.98. The molecule has 0 radical (unpaired) electrons. The number of ether oxygens (including phenoxy) is 1.